The molecule has 0 saturated carbocycles. The lowest BCUT2D eigenvalue weighted by molar-refractivity contribution is 0.214. The van der Waals surface area contributed by atoms with Crippen LogP contribution in [0.3, 0.4) is 0 Å². The first kappa shape index (κ1) is 11.0. The summed E-state index contributed by atoms with van der Waals surface area (Å²) in [5, 5.41) is 10.1. The molecule has 82 valence electrons. The average molecular weight is 239 g/mol. The Morgan fingerprint density at radius 1 is 1.25 bits per heavy atom. The predicted octanol–water partition coefficient (Wildman–Crippen LogP) is 2.35. The van der Waals surface area contributed by atoms with Gasteiger partial charge in [0.05, 0.1) is 0 Å². The van der Waals surface area contributed by atoms with Crippen LogP contribution in [0.5, 0.6) is 0 Å². The zero-order valence-corrected chi connectivity index (χ0v) is 8.89. The fourth-order valence-corrected chi connectivity index (χ4v) is 1.66. The minimum absolute atomic E-state index is 0.0407. The van der Waals surface area contributed by atoms with E-state index >= 15 is 0 Å². The third-order valence-electron chi connectivity index (χ3n) is 2.17. The van der Waals surface area contributed by atoms with Crippen LogP contribution in [0.25, 0.3) is 0 Å². The molecule has 1 N–H and O–H groups in total. The number of aliphatic hydroxyl groups excluding tert-OH is 1. The van der Waals surface area contributed by atoms with Crippen LogP contribution in [0.15, 0.2) is 36.9 Å². The van der Waals surface area contributed by atoms with Crippen molar-refractivity contribution >= 4 is 11.6 Å². The Balaban J connectivity index is 2.46. The van der Waals surface area contributed by atoms with Crippen LogP contribution < -0.4 is 0 Å². The second-order valence-electron chi connectivity index (χ2n) is 3.21. The molecule has 1 atom stereocenters. The van der Waals surface area contributed by atoms with Gasteiger partial charge in [-0.2, -0.15) is 0 Å². The SMILES string of the molecule is OC(c1cncnc1)c1c(F)cccc1Cl. The third kappa shape index (κ3) is 2.03. The van der Waals surface area contributed by atoms with Gasteiger partial charge in [-0.3, -0.25) is 0 Å². The van der Waals surface area contributed by atoms with Crippen LogP contribution in [0.4, 0.5) is 4.39 Å². The predicted molar refractivity (Wildman–Crippen MR) is 57.5 cm³/mol. The summed E-state index contributed by atoms with van der Waals surface area (Å²) in [5.41, 5.74) is 0.438. The Morgan fingerprint density at radius 3 is 2.56 bits per heavy atom. The van der Waals surface area contributed by atoms with Gasteiger partial charge in [0.2, 0.25) is 0 Å². The fraction of sp³-hybridized carbons (Fsp3) is 0.0909. The lowest BCUT2D eigenvalue weighted by Gasteiger charge is -2.12. The molecule has 2 rings (SSSR count). The summed E-state index contributed by atoms with van der Waals surface area (Å²) in [4.78, 5) is 7.51. The number of aromatic nitrogens is 2. The van der Waals surface area contributed by atoms with Gasteiger partial charge < -0.3 is 5.11 Å². The van der Waals surface area contributed by atoms with Gasteiger partial charge >= 0.3 is 0 Å². The van der Waals surface area contributed by atoms with E-state index in [2.05, 4.69) is 9.97 Å². The number of rotatable bonds is 2. The molecule has 1 unspecified atom stereocenters. The normalized spacial score (nSPS) is 12.4. The van der Waals surface area contributed by atoms with Gasteiger partial charge in [0.1, 0.15) is 18.2 Å². The highest BCUT2D eigenvalue weighted by Crippen LogP contribution is 2.29. The fourth-order valence-electron chi connectivity index (χ4n) is 1.39. The Bertz CT molecular complexity index is 472. The first-order valence-electron chi connectivity index (χ1n) is 4.57. The maximum atomic E-state index is 13.5. The van der Waals surface area contributed by atoms with E-state index in [1.54, 1.807) is 0 Å². The molecule has 0 bridgehead atoms. The molecule has 0 aliphatic heterocycles. The molecule has 16 heavy (non-hydrogen) atoms. The third-order valence-corrected chi connectivity index (χ3v) is 2.50. The van der Waals surface area contributed by atoms with E-state index < -0.39 is 11.9 Å². The zero-order chi connectivity index (χ0) is 11.5. The van der Waals surface area contributed by atoms with Crippen LogP contribution in [0.2, 0.25) is 5.02 Å². The van der Waals surface area contributed by atoms with Gasteiger partial charge in [-0.15, -0.1) is 0 Å². The van der Waals surface area contributed by atoms with E-state index in [0.717, 1.165) is 0 Å². The van der Waals surface area contributed by atoms with Crippen LogP contribution in [0, 0.1) is 5.82 Å². The quantitative estimate of drug-likeness (QED) is 0.874. The van der Waals surface area contributed by atoms with Crippen LogP contribution in [0.1, 0.15) is 17.2 Å². The standard InChI is InChI=1S/C11H8ClFN2O/c12-8-2-1-3-9(13)10(8)11(16)7-4-14-6-15-5-7/h1-6,11,16H. The molecule has 0 radical (unpaired) electrons. The molecule has 0 fully saturated rings. The van der Waals surface area contributed by atoms with Crippen molar-refractivity contribution in [2.24, 2.45) is 0 Å². The number of hydrogen-bond donors (Lipinski definition) is 1. The highest BCUT2D eigenvalue weighted by molar-refractivity contribution is 6.31. The second kappa shape index (κ2) is 4.55. The zero-order valence-electron chi connectivity index (χ0n) is 8.14. The minimum Gasteiger partial charge on any atom is -0.383 e. The van der Waals surface area contributed by atoms with E-state index in [9.17, 15) is 9.50 Å². The maximum absolute atomic E-state index is 13.5. The molecular formula is C11H8ClFN2O. The number of aliphatic hydroxyl groups is 1. The Hall–Kier alpha value is -1.52. The van der Waals surface area contributed by atoms with Crippen LogP contribution >= 0.6 is 11.6 Å². The second-order valence-corrected chi connectivity index (χ2v) is 3.62. The van der Waals surface area contributed by atoms with Gasteiger partial charge in [-0.05, 0) is 12.1 Å². The van der Waals surface area contributed by atoms with Gasteiger partial charge in [0.15, 0.2) is 0 Å². The largest absolute Gasteiger partial charge is 0.383 e. The molecule has 5 heteroatoms. The topological polar surface area (TPSA) is 46.0 Å². The molecule has 2 aromatic rings. The molecule has 1 aromatic heterocycles. The highest BCUT2D eigenvalue weighted by atomic mass is 35.5. The first-order valence-corrected chi connectivity index (χ1v) is 4.95. The Morgan fingerprint density at radius 2 is 1.94 bits per heavy atom. The molecule has 0 spiro atoms. The summed E-state index contributed by atoms with van der Waals surface area (Å²) < 4.78 is 13.5. The molecule has 3 nitrogen and oxygen atoms in total. The molecule has 0 amide bonds. The van der Waals surface area contributed by atoms with Gasteiger partial charge in [0.25, 0.3) is 0 Å². The van der Waals surface area contributed by atoms with E-state index in [1.165, 1.54) is 36.9 Å². The first-order chi connectivity index (χ1) is 7.70. The van der Waals surface area contributed by atoms with Crippen molar-refractivity contribution in [2.45, 2.75) is 6.10 Å². The van der Waals surface area contributed by atoms with Gasteiger partial charge in [-0.25, -0.2) is 14.4 Å². The molecular weight excluding hydrogens is 231 g/mol. The number of benzene rings is 1. The van der Waals surface area contributed by atoms with Crippen molar-refractivity contribution in [2.75, 3.05) is 0 Å². The number of nitrogens with zero attached hydrogens (tertiary/aromatic N) is 2. The van der Waals surface area contributed by atoms with Gasteiger partial charge in [0, 0.05) is 28.5 Å². The molecule has 0 saturated heterocycles. The van der Waals surface area contributed by atoms with Crippen LogP contribution in [-0.2, 0) is 0 Å². The van der Waals surface area contributed by atoms with Crippen molar-refractivity contribution in [3.8, 4) is 0 Å². The molecule has 1 heterocycles. The average Bonchev–Trinajstić information content (AvgIpc) is 2.30. The maximum Gasteiger partial charge on any atom is 0.130 e. The summed E-state index contributed by atoms with van der Waals surface area (Å²) in [6, 6.07) is 4.25. The van der Waals surface area contributed by atoms with E-state index in [1.807, 2.05) is 0 Å². The van der Waals surface area contributed by atoms with Crippen LogP contribution in [-0.4, -0.2) is 15.1 Å². The molecule has 1 aromatic carbocycles. The summed E-state index contributed by atoms with van der Waals surface area (Å²) >= 11 is 5.83. The summed E-state index contributed by atoms with van der Waals surface area (Å²) in [6.07, 6.45) is 3.01. The smallest absolute Gasteiger partial charge is 0.130 e. The summed E-state index contributed by atoms with van der Waals surface area (Å²) in [6.45, 7) is 0. The van der Waals surface area contributed by atoms with E-state index in [4.69, 9.17) is 11.6 Å². The van der Waals surface area contributed by atoms with E-state index in [-0.39, 0.29) is 10.6 Å². The lowest BCUT2D eigenvalue weighted by atomic mass is 10.0. The molecule has 0 aliphatic rings. The summed E-state index contributed by atoms with van der Waals surface area (Å²) in [7, 11) is 0. The Kier molecular flexibility index (Phi) is 3.12. The highest BCUT2D eigenvalue weighted by Gasteiger charge is 2.18. The number of halogens is 2. The summed E-state index contributed by atoms with van der Waals surface area (Å²) in [5.74, 6) is -0.552. The number of hydrogen-bond acceptors (Lipinski definition) is 3. The van der Waals surface area contributed by atoms with Crippen molar-refractivity contribution < 1.29 is 9.50 Å². The van der Waals surface area contributed by atoms with Crippen molar-refractivity contribution in [1.29, 1.82) is 0 Å². The van der Waals surface area contributed by atoms with Crippen molar-refractivity contribution in [3.63, 3.8) is 0 Å². The van der Waals surface area contributed by atoms with Crippen molar-refractivity contribution in [1.82, 2.24) is 9.97 Å². The Labute approximate surface area is 96.6 Å². The lowest BCUT2D eigenvalue weighted by Crippen LogP contribution is -2.04. The molecule has 0 aliphatic carbocycles. The van der Waals surface area contributed by atoms with Gasteiger partial charge in [-0.1, -0.05) is 17.7 Å². The minimum atomic E-state index is -1.16. The monoisotopic (exact) mass is 238 g/mol. The van der Waals surface area contributed by atoms with E-state index in [0.29, 0.717) is 5.56 Å². The van der Waals surface area contributed by atoms with Crippen molar-refractivity contribution in [3.05, 3.63) is 58.9 Å².